The van der Waals surface area contributed by atoms with E-state index in [4.69, 9.17) is 0 Å². The van der Waals surface area contributed by atoms with Gasteiger partial charge in [0.25, 0.3) is 6.43 Å². The number of aryl methyl sites for hydroxylation is 1. The molecule has 0 radical (unpaired) electrons. The van der Waals surface area contributed by atoms with Gasteiger partial charge < -0.3 is 5.32 Å². The number of amides is 1. The van der Waals surface area contributed by atoms with Crippen molar-refractivity contribution in [2.24, 2.45) is 23.7 Å². The molecule has 5 aliphatic rings. The standard InChI is InChI=1S/C23H28F2N4O/c1-11-20-17(22(24)25)9-18(14-2-3-14)26-23(20)29(28-11)10-19(30)27-21-15-5-12-4-13(7-15)8-16(21)6-12/h9,12-16,21-22H,2-8,10H2,1H3,(H,27,30). The monoisotopic (exact) mass is 414 g/mol. The maximum Gasteiger partial charge on any atom is 0.264 e. The predicted octanol–water partition coefficient (Wildman–Crippen LogP) is 4.50. The fourth-order valence-corrected chi connectivity index (χ4v) is 6.81. The van der Waals surface area contributed by atoms with Crippen LogP contribution in [0.5, 0.6) is 0 Å². The van der Waals surface area contributed by atoms with Gasteiger partial charge in [-0.15, -0.1) is 0 Å². The summed E-state index contributed by atoms with van der Waals surface area (Å²) in [7, 11) is 0. The summed E-state index contributed by atoms with van der Waals surface area (Å²) in [6.07, 6.45) is 5.75. The van der Waals surface area contributed by atoms with Crippen molar-refractivity contribution in [3.05, 3.63) is 23.0 Å². The summed E-state index contributed by atoms with van der Waals surface area (Å²) in [6, 6.07) is 1.80. The molecule has 0 aliphatic heterocycles. The molecule has 1 N–H and O–H groups in total. The zero-order chi connectivity index (χ0) is 20.6. The number of hydrogen-bond donors (Lipinski definition) is 1. The van der Waals surface area contributed by atoms with Crippen molar-refractivity contribution in [1.82, 2.24) is 20.1 Å². The molecular formula is C23H28F2N4O. The quantitative estimate of drug-likeness (QED) is 0.784. The molecule has 7 heteroatoms. The summed E-state index contributed by atoms with van der Waals surface area (Å²) in [5.41, 5.74) is 1.64. The smallest absolute Gasteiger partial charge is 0.264 e. The lowest BCUT2D eigenvalue weighted by Crippen LogP contribution is -2.56. The molecule has 0 atom stereocenters. The van der Waals surface area contributed by atoms with Gasteiger partial charge in [0.05, 0.1) is 11.1 Å². The molecule has 2 aromatic heterocycles. The Morgan fingerprint density at radius 1 is 1.17 bits per heavy atom. The fourth-order valence-electron chi connectivity index (χ4n) is 6.81. The topological polar surface area (TPSA) is 59.8 Å². The Bertz CT molecular complexity index is 984. The van der Waals surface area contributed by atoms with E-state index in [0.29, 0.717) is 34.3 Å². The molecule has 0 unspecified atom stereocenters. The van der Waals surface area contributed by atoms with Gasteiger partial charge in [0.1, 0.15) is 6.54 Å². The fraction of sp³-hybridized carbons (Fsp3) is 0.696. The number of hydrogen-bond acceptors (Lipinski definition) is 3. The average molecular weight is 415 g/mol. The normalized spacial score (nSPS) is 32.3. The minimum absolute atomic E-state index is 0.00732. The molecule has 30 heavy (non-hydrogen) atoms. The third-order valence-electron chi connectivity index (χ3n) is 8.01. The van der Waals surface area contributed by atoms with Crippen LogP contribution in [-0.4, -0.2) is 26.7 Å². The number of carbonyl (C=O) groups excluding carboxylic acids is 1. The minimum atomic E-state index is -2.58. The van der Waals surface area contributed by atoms with E-state index in [0.717, 1.165) is 24.7 Å². The highest BCUT2D eigenvalue weighted by Crippen LogP contribution is 2.53. The summed E-state index contributed by atoms with van der Waals surface area (Å²) in [4.78, 5) is 17.6. The van der Waals surface area contributed by atoms with Crippen molar-refractivity contribution >= 4 is 16.9 Å². The van der Waals surface area contributed by atoms with Crippen molar-refractivity contribution in [2.75, 3.05) is 0 Å². The molecule has 4 bridgehead atoms. The van der Waals surface area contributed by atoms with Crippen molar-refractivity contribution in [2.45, 2.75) is 76.8 Å². The van der Waals surface area contributed by atoms with Crippen LogP contribution in [0.2, 0.25) is 0 Å². The van der Waals surface area contributed by atoms with Gasteiger partial charge in [-0.25, -0.2) is 18.4 Å². The summed E-state index contributed by atoms with van der Waals surface area (Å²) in [5, 5.41) is 8.13. The molecule has 7 rings (SSSR count). The maximum atomic E-state index is 13.7. The van der Waals surface area contributed by atoms with Crippen LogP contribution in [0, 0.1) is 30.6 Å². The van der Waals surface area contributed by atoms with E-state index in [-0.39, 0.29) is 30.0 Å². The van der Waals surface area contributed by atoms with Crippen LogP contribution in [-0.2, 0) is 11.3 Å². The Balaban J connectivity index is 1.27. The lowest BCUT2D eigenvalue weighted by Gasteiger charge is -2.54. The molecule has 5 fully saturated rings. The number of nitrogens with zero attached hydrogens (tertiary/aromatic N) is 3. The van der Waals surface area contributed by atoms with Crippen LogP contribution in [0.1, 0.15) is 74.2 Å². The number of alkyl halides is 2. The van der Waals surface area contributed by atoms with E-state index in [1.807, 2.05) is 0 Å². The second kappa shape index (κ2) is 6.72. The molecule has 5 saturated carbocycles. The Kier molecular flexibility index (Phi) is 4.19. The summed E-state index contributed by atoms with van der Waals surface area (Å²) < 4.78 is 29.0. The van der Waals surface area contributed by atoms with Crippen LogP contribution in [0.25, 0.3) is 11.0 Å². The van der Waals surface area contributed by atoms with E-state index in [1.165, 1.54) is 42.9 Å². The third kappa shape index (κ3) is 3.04. The first-order valence-electron chi connectivity index (χ1n) is 11.4. The Hall–Kier alpha value is -2.05. The Morgan fingerprint density at radius 3 is 2.43 bits per heavy atom. The van der Waals surface area contributed by atoms with Gasteiger partial charge in [-0.05, 0) is 81.6 Å². The summed E-state index contributed by atoms with van der Waals surface area (Å²) in [6.45, 7) is 1.76. The number of fused-ring (bicyclic) bond motifs is 1. The number of nitrogens with one attached hydrogen (secondary N) is 1. The lowest BCUT2D eigenvalue weighted by atomic mass is 9.54. The highest BCUT2D eigenvalue weighted by molar-refractivity contribution is 5.85. The van der Waals surface area contributed by atoms with Gasteiger partial charge >= 0.3 is 0 Å². The van der Waals surface area contributed by atoms with E-state index < -0.39 is 6.43 Å². The molecule has 2 aromatic rings. The third-order valence-corrected chi connectivity index (χ3v) is 8.01. The van der Waals surface area contributed by atoms with Crippen molar-refractivity contribution in [3.8, 4) is 0 Å². The first kappa shape index (κ1) is 18.7. The molecule has 0 aromatic carbocycles. The van der Waals surface area contributed by atoms with Gasteiger partial charge in [-0.2, -0.15) is 5.10 Å². The highest BCUT2D eigenvalue weighted by Gasteiger charge is 2.48. The largest absolute Gasteiger partial charge is 0.351 e. The maximum absolute atomic E-state index is 13.7. The summed E-state index contributed by atoms with van der Waals surface area (Å²) in [5.74, 6) is 3.11. The summed E-state index contributed by atoms with van der Waals surface area (Å²) >= 11 is 0. The molecule has 0 saturated heterocycles. The van der Waals surface area contributed by atoms with Crippen LogP contribution >= 0.6 is 0 Å². The first-order chi connectivity index (χ1) is 14.5. The molecule has 5 nitrogen and oxygen atoms in total. The zero-order valence-electron chi connectivity index (χ0n) is 17.3. The lowest BCUT2D eigenvalue weighted by molar-refractivity contribution is -0.125. The molecule has 0 spiro atoms. The van der Waals surface area contributed by atoms with Crippen LogP contribution in [0.4, 0.5) is 8.78 Å². The van der Waals surface area contributed by atoms with E-state index in [2.05, 4.69) is 15.4 Å². The van der Waals surface area contributed by atoms with E-state index >= 15 is 0 Å². The zero-order valence-corrected chi connectivity index (χ0v) is 17.3. The van der Waals surface area contributed by atoms with Crippen molar-refractivity contribution in [1.29, 1.82) is 0 Å². The number of carbonyl (C=O) groups is 1. The minimum Gasteiger partial charge on any atom is -0.351 e. The Labute approximate surface area is 174 Å². The van der Waals surface area contributed by atoms with E-state index in [9.17, 15) is 13.6 Å². The molecular weight excluding hydrogens is 386 g/mol. The first-order valence-corrected chi connectivity index (χ1v) is 11.4. The average Bonchev–Trinajstić information content (AvgIpc) is 3.49. The second-order valence-electron chi connectivity index (χ2n) is 10.2. The number of aromatic nitrogens is 3. The molecule has 5 aliphatic carbocycles. The van der Waals surface area contributed by atoms with Crippen LogP contribution < -0.4 is 5.32 Å². The van der Waals surface area contributed by atoms with Crippen LogP contribution in [0.3, 0.4) is 0 Å². The van der Waals surface area contributed by atoms with Gasteiger partial charge in [0.2, 0.25) is 5.91 Å². The number of halogens is 2. The van der Waals surface area contributed by atoms with Crippen LogP contribution in [0.15, 0.2) is 6.07 Å². The van der Waals surface area contributed by atoms with E-state index in [1.54, 1.807) is 6.92 Å². The Morgan fingerprint density at radius 2 is 1.83 bits per heavy atom. The number of pyridine rings is 1. The van der Waals surface area contributed by atoms with Gasteiger partial charge in [0.15, 0.2) is 5.65 Å². The molecule has 1 amide bonds. The van der Waals surface area contributed by atoms with Crippen molar-refractivity contribution < 1.29 is 13.6 Å². The SMILES string of the molecule is Cc1nn(CC(=O)NC2C3CC4CC(C3)CC2C4)c2nc(C3CC3)cc(C(F)F)c12. The predicted molar refractivity (Wildman–Crippen MR) is 108 cm³/mol. The number of rotatable bonds is 5. The van der Waals surface area contributed by atoms with Gasteiger partial charge in [-0.3, -0.25) is 4.79 Å². The molecule has 2 heterocycles. The van der Waals surface area contributed by atoms with Gasteiger partial charge in [0, 0.05) is 23.2 Å². The van der Waals surface area contributed by atoms with Gasteiger partial charge in [-0.1, -0.05) is 0 Å². The second-order valence-corrected chi connectivity index (χ2v) is 10.2. The highest BCUT2D eigenvalue weighted by atomic mass is 19.3. The van der Waals surface area contributed by atoms with Crippen molar-refractivity contribution in [3.63, 3.8) is 0 Å². The molecule has 160 valence electrons.